The first-order valence-corrected chi connectivity index (χ1v) is 8.38. The van der Waals surface area contributed by atoms with Crippen molar-refractivity contribution in [2.45, 2.75) is 56.0 Å². The second-order valence-corrected chi connectivity index (χ2v) is 6.84. The lowest BCUT2D eigenvalue weighted by Crippen LogP contribution is -2.41. The van der Waals surface area contributed by atoms with Crippen LogP contribution >= 0.6 is 11.8 Å². The Kier molecular flexibility index (Phi) is 4.29. The van der Waals surface area contributed by atoms with Crippen LogP contribution in [0.3, 0.4) is 0 Å². The number of hydrogen-bond acceptors (Lipinski definition) is 2. The summed E-state index contributed by atoms with van der Waals surface area (Å²) >= 11 is 1.98. The molecular formula is C17H23NS. The molecule has 2 heteroatoms. The molecule has 0 aromatic heterocycles. The van der Waals surface area contributed by atoms with Gasteiger partial charge in [-0.25, -0.2) is 0 Å². The minimum atomic E-state index is 0.692. The largest absolute Gasteiger partial charge is 0.294 e. The van der Waals surface area contributed by atoms with Gasteiger partial charge in [0.15, 0.2) is 0 Å². The summed E-state index contributed by atoms with van der Waals surface area (Å²) in [5, 5.41) is 0. The lowest BCUT2D eigenvalue weighted by atomic mass is 10.0. The number of rotatable bonds is 4. The molecule has 1 fully saturated rings. The summed E-state index contributed by atoms with van der Waals surface area (Å²) in [6.07, 6.45) is 9.20. The molecule has 19 heavy (non-hydrogen) atoms. The highest BCUT2D eigenvalue weighted by Gasteiger charge is 2.33. The van der Waals surface area contributed by atoms with Crippen molar-refractivity contribution >= 4 is 11.8 Å². The SMILES string of the molecule is CCC[C@H]1C=C(Sc2ccccc2)C[C@H]2CCCN21. The van der Waals surface area contributed by atoms with Gasteiger partial charge in [0.25, 0.3) is 0 Å². The lowest BCUT2D eigenvalue weighted by Gasteiger charge is -2.36. The normalized spacial score (nSPS) is 27.1. The van der Waals surface area contributed by atoms with E-state index in [4.69, 9.17) is 0 Å². The standard InChI is InChI=1S/C17H23NS/c1-2-7-14-12-17(13-15-8-6-11-18(14)15)19-16-9-4-3-5-10-16/h3-5,9-10,12,14-15H,2,6-8,11,13H2,1H3/t14-,15+/m0/s1. The van der Waals surface area contributed by atoms with E-state index in [0.717, 1.165) is 6.04 Å². The minimum Gasteiger partial charge on any atom is -0.294 e. The fourth-order valence-electron chi connectivity index (χ4n) is 3.38. The fraction of sp³-hybridized carbons (Fsp3) is 0.529. The average molecular weight is 273 g/mol. The summed E-state index contributed by atoms with van der Waals surface area (Å²) in [4.78, 5) is 5.72. The summed E-state index contributed by atoms with van der Waals surface area (Å²) in [5.41, 5.74) is 0. The van der Waals surface area contributed by atoms with Gasteiger partial charge in [-0.05, 0) is 49.3 Å². The van der Waals surface area contributed by atoms with Crippen LogP contribution in [0.4, 0.5) is 0 Å². The summed E-state index contributed by atoms with van der Waals surface area (Å²) in [5.74, 6) is 0. The number of fused-ring (bicyclic) bond motifs is 1. The van der Waals surface area contributed by atoms with E-state index in [1.165, 1.54) is 43.5 Å². The smallest absolute Gasteiger partial charge is 0.0291 e. The first-order valence-electron chi connectivity index (χ1n) is 7.56. The van der Waals surface area contributed by atoms with Gasteiger partial charge in [0, 0.05) is 17.0 Å². The molecule has 0 saturated carbocycles. The van der Waals surface area contributed by atoms with Crippen molar-refractivity contribution in [1.82, 2.24) is 4.90 Å². The van der Waals surface area contributed by atoms with Gasteiger partial charge in [-0.15, -0.1) is 0 Å². The Morgan fingerprint density at radius 2 is 2.11 bits per heavy atom. The van der Waals surface area contributed by atoms with E-state index in [0.29, 0.717) is 6.04 Å². The van der Waals surface area contributed by atoms with Gasteiger partial charge in [0.2, 0.25) is 0 Å². The van der Waals surface area contributed by atoms with Crippen LogP contribution in [0.15, 0.2) is 46.2 Å². The summed E-state index contributed by atoms with van der Waals surface area (Å²) in [7, 11) is 0. The molecule has 0 amide bonds. The van der Waals surface area contributed by atoms with Gasteiger partial charge < -0.3 is 0 Å². The van der Waals surface area contributed by atoms with Crippen molar-refractivity contribution in [3.8, 4) is 0 Å². The van der Waals surface area contributed by atoms with Crippen LogP contribution in [-0.4, -0.2) is 23.5 Å². The maximum absolute atomic E-state index is 2.75. The van der Waals surface area contributed by atoms with E-state index < -0.39 is 0 Å². The zero-order chi connectivity index (χ0) is 13.1. The van der Waals surface area contributed by atoms with Gasteiger partial charge in [-0.1, -0.05) is 49.4 Å². The molecule has 2 aliphatic heterocycles. The first kappa shape index (κ1) is 13.3. The van der Waals surface area contributed by atoms with E-state index in [9.17, 15) is 0 Å². The van der Waals surface area contributed by atoms with E-state index in [-0.39, 0.29) is 0 Å². The molecule has 2 atom stereocenters. The van der Waals surface area contributed by atoms with E-state index in [2.05, 4.69) is 48.2 Å². The molecule has 1 aromatic carbocycles. The quantitative estimate of drug-likeness (QED) is 0.782. The molecule has 2 aliphatic rings. The monoisotopic (exact) mass is 273 g/mol. The average Bonchev–Trinajstić information content (AvgIpc) is 2.89. The molecular weight excluding hydrogens is 250 g/mol. The molecule has 1 saturated heterocycles. The zero-order valence-electron chi connectivity index (χ0n) is 11.7. The highest BCUT2D eigenvalue weighted by Crippen LogP contribution is 2.39. The number of hydrogen-bond donors (Lipinski definition) is 0. The summed E-state index contributed by atoms with van der Waals surface area (Å²) in [6, 6.07) is 12.3. The Morgan fingerprint density at radius 1 is 1.26 bits per heavy atom. The molecule has 0 radical (unpaired) electrons. The third-order valence-corrected chi connectivity index (χ3v) is 5.31. The molecule has 3 rings (SSSR count). The Balaban J connectivity index is 1.75. The fourth-order valence-corrected chi connectivity index (χ4v) is 4.48. The molecule has 0 spiro atoms. The van der Waals surface area contributed by atoms with Crippen LogP contribution < -0.4 is 0 Å². The number of thioether (sulfide) groups is 1. The van der Waals surface area contributed by atoms with Gasteiger partial charge in [0.05, 0.1) is 0 Å². The van der Waals surface area contributed by atoms with Gasteiger partial charge in [-0.3, -0.25) is 4.90 Å². The van der Waals surface area contributed by atoms with Crippen LogP contribution in [0, 0.1) is 0 Å². The number of nitrogens with zero attached hydrogens (tertiary/aromatic N) is 1. The van der Waals surface area contributed by atoms with E-state index in [1.807, 2.05) is 11.8 Å². The zero-order valence-corrected chi connectivity index (χ0v) is 12.5. The second-order valence-electron chi connectivity index (χ2n) is 5.64. The minimum absolute atomic E-state index is 0.692. The molecule has 1 aromatic rings. The van der Waals surface area contributed by atoms with Crippen LogP contribution in [0.25, 0.3) is 0 Å². The van der Waals surface area contributed by atoms with Crippen molar-refractivity contribution in [3.63, 3.8) is 0 Å². The van der Waals surface area contributed by atoms with E-state index >= 15 is 0 Å². The molecule has 2 heterocycles. The third-order valence-electron chi connectivity index (χ3n) is 4.24. The van der Waals surface area contributed by atoms with Gasteiger partial charge in [0.1, 0.15) is 0 Å². The number of benzene rings is 1. The van der Waals surface area contributed by atoms with Crippen LogP contribution in [0.2, 0.25) is 0 Å². The van der Waals surface area contributed by atoms with Gasteiger partial charge in [-0.2, -0.15) is 0 Å². The van der Waals surface area contributed by atoms with Crippen molar-refractivity contribution in [3.05, 3.63) is 41.3 Å². The van der Waals surface area contributed by atoms with Crippen molar-refractivity contribution < 1.29 is 0 Å². The van der Waals surface area contributed by atoms with Crippen LogP contribution in [-0.2, 0) is 0 Å². The molecule has 0 bridgehead atoms. The maximum Gasteiger partial charge on any atom is 0.0291 e. The third kappa shape index (κ3) is 3.06. The predicted octanol–water partition coefficient (Wildman–Crippen LogP) is 4.70. The topological polar surface area (TPSA) is 3.24 Å². The Hall–Kier alpha value is -0.730. The molecule has 1 nitrogen and oxygen atoms in total. The van der Waals surface area contributed by atoms with Crippen molar-refractivity contribution in [2.24, 2.45) is 0 Å². The Morgan fingerprint density at radius 3 is 2.89 bits per heavy atom. The van der Waals surface area contributed by atoms with Crippen LogP contribution in [0.1, 0.15) is 39.0 Å². The van der Waals surface area contributed by atoms with E-state index in [1.54, 1.807) is 4.91 Å². The highest BCUT2D eigenvalue weighted by molar-refractivity contribution is 8.03. The Bertz CT molecular complexity index is 440. The molecule has 0 unspecified atom stereocenters. The first-order chi connectivity index (χ1) is 9.36. The molecule has 0 aliphatic carbocycles. The van der Waals surface area contributed by atoms with Crippen molar-refractivity contribution in [1.29, 1.82) is 0 Å². The maximum atomic E-state index is 2.75. The Labute approximate surface area is 121 Å². The predicted molar refractivity (Wildman–Crippen MR) is 83.4 cm³/mol. The summed E-state index contributed by atoms with van der Waals surface area (Å²) in [6.45, 7) is 3.62. The molecule has 0 N–H and O–H groups in total. The second kappa shape index (κ2) is 6.15. The summed E-state index contributed by atoms with van der Waals surface area (Å²) < 4.78 is 0. The van der Waals surface area contributed by atoms with Crippen LogP contribution in [0.5, 0.6) is 0 Å². The highest BCUT2D eigenvalue weighted by atomic mass is 32.2. The van der Waals surface area contributed by atoms with Crippen molar-refractivity contribution in [2.75, 3.05) is 6.54 Å². The molecule has 102 valence electrons. The lowest BCUT2D eigenvalue weighted by molar-refractivity contribution is 0.190. The van der Waals surface area contributed by atoms with Gasteiger partial charge >= 0.3 is 0 Å².